The molecule has 2 aromatic carbocycles. The van der Waals surface area contributed by atoms with Crippen molar-refractivity contribution in [2.45, 2.75) is 4.90 Å². The summed E-state index contributed by atoms with van der Waals surface area (Å²) in [6, 6.07) is 15.9. The van der Waals surface area contributed by atoms with Crippen molar-refractivity contribution in [3.63, 3.8) is 0 Å². The summed E-state index contributed by atoms with van der Waals surface area (Å²) in [5.41, 5.74) is 2.11. The van der Waals surface area contributed by atoms with E-state index >= 15 is 0 Å². The second kappa shape index (κ2) is 9.16. The SMILES string of the molecule is COc1ccc(S(=O)(=O)Nc2cccc(C(=O)Nc3nc(-c4cccnc4)cs3)c2)cc1. The number of sulfonamides is 1. The summed E-state index contributed by atoms with van der Waals surface area (Å²) in [6.45, 7) is 0. The highest BCUT2D eigenvalue weighted by Crippen LogP contribution is 2.25. The molecule has 0 aliphatic carbocycles. The summed E-state index contributed by atoms with van der Waals surface area (Å²) in [5.74, 6) is 0.152. The molecule has 0 aliphatic rings. The molecule has 8 nitrogen and oxygen atoms in total. The number of anilines is 2. The normalized spacial score (nSPS) is 11.0. The van der Waals surface area contributed by atoms with Crippen LogP contribution in [0.2, 0.25) is 0 Å². The monoisotopic (exact) mass is 466 g/mol. The van der Waals surface area contributed by atoms with Crippen LogP contribution < -0.4 is 14.8 Å². The van der Waals surface area contributed by atoms with E-state index in [1.807, 2.05) is 17.5 Å². The number of carbonyl (C=O) groups is 1. The summed E-state index contributed by atoms with van der Waals surface area (Å²) >= 11 is 1.29. The second-order valence-electron chi connectivity index (χ2n) is 6.60. The number of pyridine rings is 1. The lowest BCUT2D eigenvalue weighted by Gasteiger charge is -2.10. The zero-order valence-electron chi connectivity index (χ0n) is 16.8. The van der Waals surface area contributed by atoms with Crippen LogP contribution in [0.25, 0.3) is 11.3 Å². The van der Waals surface area contributed by atoms with E-state index in [4.69, 9.17) is 4.74 Å². The molecule has 0 saturated heterocycles. The van der Waals surface area contributed by atoms with Crippen LogP contribution in [0.3, 0.4) is 0 Å². The zero-order chi connectivity index (χ0) is 22.6. The zero-order valence-corrected chi connectivity index (χ0v) is 18.5. The van der Waals surface area contributed by atoms with Crippen LogP contribution in [-0.2, 0) is 10.0 Å². The van der Waals surface area contributed by atoms with Crippen molar-refractivity contribution in [3.05, 3.63) is 84.0 Å². The van der Waals surface area contributed by atoms with E-state index in [-0.39, 0.29) is 16.1 Å². The lowest BCUT2D eigenvalue weighted by atomic mass is 10.2. The van der Waals surface area contributed by atoms with E-state index in [1.165, 1.54) is 36.6 Å². The Hall–Kier alpha value is -3.76. The third kappa shape index (κ3) is 4.93. The van der Waals surface area contributed by atoms with E-state index in [1.54, 1.807) is 42.7 Å². The molecule has 0 bridgehead atoms. The third-order valence-electron chi connectivity index (χ3n) is 4.43. The molecule has 162 valence electrons. The Morgan fingerprint density at radius 1 is 1.06 bits per heavy atom. The second-order valence-corrected chi connectivity index (χ2v) is 9.14. The number of ether oxygens (including phenoxy) is 1. The van der Waals surface area contributed by atoms with Gasteiger partial charge in [0.05, 0.1) is 17.7 Å². The molecule has 2 N–H and O–H groups in total. The largest absolute Gasteiger partial charge is 0.497 e. The van der Waals surface area contributed by atoms with Crippen LogP contribution in [0.4, 0.5) is 10.8 Å². The van der Waals surface area contributed by atoms with Crippen LogP contribution in [0.5, 0.6) is 5.75 Å². The van der Waals surface area contributed by atoms with Crippen molar-refractivity contribution in [3.8, 4) is 17.0 Å². The van der Waals surface area contributed by atoms with Gasteiger partial charge in [-0.15, -0.1) is 11.3 Å². The maximum atomic E-state index is 12.7. The Morgan fingerprint density at radius 3 is 2.59 bits per heavy atom. The molecule has 0 atom stereocenters. The summed E-state index contributed by atoms with van der Waals surface area (Å²) in [4.78, 5) is 21.2. The molecule has 0 radical (unpaired) electrons. The number of nitrogens with zero attached hydrogens (tertiary/aromatic N) is 2. The molecule has 1 amide bonds. The first-order valence-corrected chi connectivity index (χ1v) is 11.7. The van der Waals surface area contributed by atoms with Crippen LogP contribution in [-0.4, -0.2) is 31.4 Å². The van der Waals surface area contributed by atoms with Crippen LogP contribution in [0.15, 0.2) is 83.3 Å². The third-order valence-corrected chi connectivity index (χ3v) is 6.58. The van der Waals surface area contributed by atoms with E-state index in [0.717, 1.165) is 5.56 Å². The lowest BCUT2D eigenvalue weighted by molar-refractivity contribution is 0.102. The van der Waals surface area contributed by atoms with E-state index < -0.39 is 15.9 Å². The minimum Gasteiger partial charge on any atom is -0.497 e. The van der Waals surface area contributed by atoms with Gasteiger partial charge in [-0.05, 0) is 54.6 Å². The Kier molecular flexibility index (Phi) is 6.15. The predicted molar refractivity (Wildman–Crippen MR) is 124 cm³/mol. The summed E-state index contributed by atoms with van der Waals surface area (Å²) in [6.07, 6.45) is 3.37. The van der Waals surface area contributed by atoms with E-state index in [2.05, 4.69) is 20.0 Å². The van der Waals surface area contributed by atoms with Crippen molar-refractivity contribution < 1.29 is 17.9 Å². The van der Waals surface area contributed by atoms with E-state index in [9.17, 15) is 13.2 Å². The number of carbonyl (C=O) groups excluding carboxylic acids is 1. The van der Waals surface area contributed by atoms with Crippen LogP contribution >= 0.6 is 11.3 Å². The van der Waals surface area contributed by atoms with Crippen molar-refractivity contribution in [1.82, 2.24) is 9.97 Å². The van der Waals surface area contributed by atoms with Gasteiger partial charge in [-0.25, -0.2) is 13.4 Å². The van der Waals surface area contributed by atoms with Gasteiger partial charge in [0.25, 0.3) is 15.9 Å². The number of rotatable bonds is 7. The Morgan fingerprint density at radius 2 is 1.88 bits per heavy atom. The highest BCUT2D eigenvalue weighted by molar-refractivity contribution is 7.92. The number of amides is 1. The smallest absolute Gasteiger partial charge is 0.261 e. The highest BCUT2D eigenvalue weighted by atomic mass is 32.2. The lowest BCUT2D eigenvalue weighted by Crippen LogP contribution is -2.15. The van der Waals surface area contributed by atoms with Gasteiger partial charge < -0.3 is 4.74 Å². The minimum absolute atomic E-state index is 0.0823. The molecule has 4 aromatic rings. The Labute approximate surface area is 189 Å². The first-order chi connectivity index (χ1) is 15.4. The number of hydrogen-bond donors (Lipinski definition) is 2. The molecular formula is C22H18N4O4S2. The summed E-state index contributed by atoms with van der Waals surface area (Å²) < 4.78 is 32.8. The standard InChI is InChI=1S/C22H18N4O4S2/c1-30-18-7-9-19(10-8-18)32(28,29)26-17-6-2-4-15(12-17)21(27)25-22-24-20(14-31-22)16-5-3-11-23-13-16/h2-14,26H,1H3,(H,24,25,27). The maximum absolute atomic E-state index is 12.7. The fourth-order valence-electron chi connectivity index (χ4n) is 2.84. The number of nitrogens with one attached hydrogen (secondary N) is 2. The molecule has 4 rings (SSSR count). The molecule has 0 aliphatic heterocycles. The topological polar surface area (TPSA) is 110 Å². The van der Waals surface area contributed by atoms with Crippen LogP contribution in [0, 0.1) is 0 Å². The number of methoxy groups -OCH3 is 1. The van der Waals surface area contributed by atoms with Gasteiger partial charge in [0, 0.05) is 34.6 Å². The van der Waals surface area contributed by atoms with Gasteiger partial charge in [0.15, 0.2) is 5.13 Å². The Balaban J connectivity index is 1.47. The van der Waals surface area contributed by atoms with Crippen molar-refractivity contribution in [2.75, 3.05) is 17.1 Å². The molecule has 2 aromatic heterocycles. The van der Waals surface area contributed by atoms with Gasteiger partial charge in [-0.1, -0.05) is 6.07 Å². The fraction of sp³-hybridized carbons (Fsp3) is 0.0455. The average Bonchev–Trinajstić information content (AvgIpc) is 3.28. The highest BCUT2D eigenvalue weighted by Gasteiger charge is 2.16. The molecule has 32 heavy (non-hydrogen) atoms. The number of hydrogen-bond acceptors (Lipinski definition) is 7. The van der Waals surface area contributed by atoms with E-state index in [0.29, 0.717) is 16.6 Å². The van der Waals surface area contributed by atoms with Crippen molar-refractivity contribution >= 4 is 38.1 Å². The van der Waals surface area contributed by atoms with Crippen LogP contribution in [0.1, 0.15) is 10.4 Å². The molecule has 0 unspecified atom stereocenters. The maximum Gasteiger partial charge on any atom is 0.261 e. The van der Waals surface area contributed by atoms with Gasteiger partial charge in [0.1, 0.15) is 5.75 Å². The summed E-state index contributed by atoms with van der Waals surface area (Å²) in [7, 11) is -2.32. The quantitative estimate of drug-likeness (QED) is 0.421. The van der Waals surface area contributed by atoms with Gasteiger partial charge >= 0.3 is 0 Å². The molecule has 2 heterocycles. The number of benzene rings is 2. The predicted octanol–water partition coefficient (Wildman–Crippen LogP) is 4.27. The average molecular weight is 467 g/mol. The molecule has 0 fully saturated rings. The molecule has 10 heteroatoms. The molecule has 0 saturated carbocycles. The van der Waals surface area contributed by atoms with Crippen molar-refractivity contribution in [2.24, 2.45) is 0 Å². The first kappa shape index (κ1) is 21.5. The van der Waals surface area contributed by atoms with Gasteiger partial charge in [-0.2, -0.15) is 0 Å². The summed E-state index contributed by atoms with van der Waals surface area (Å²) in [5, 5.41) is 4.99. The fourth-order valence-corrected chi connectivity index (χ4v) is 4.60. The molecular weight excluding hydrogens is 448 g/mol. The number of thiazole rings is 1. The van der Waals surface area contributed by atoms with Gasteiger partial charge in [-0.3, -0.25) is 19.8 Å². The number of aromatic nitrogens is 2. The molecule has 0 spiro atoms. The Bertz CT molecular complexity index is 1340. The minimum atomic E-state index is -3.82. The first-order valence-electron chi connectivity index (χ1n) is 9.39. The van der Waals surface area contributed by atoms with Gasteiger partial charge in [0.2, 0.25) is 0 Å². The van der Waals surface area contributed by atoms with Crippen molar-refractivity contribution in [1.29, 1.82) is 0 Å².